The van der Waals surface area contributed by atoms with Crippen molar-refractivity contribution in [3.63, 3.8) is 0 Å². The van der Waals surface area contributed by atoms with Crippen molar-refractivity contribution < 1.29 is 13.6 Å². The van der Waals surface area contributed by atoms with Gasteiger partial charge >= 0.3 is 0 Å². The van der Waals surface area contributed by atoms with E-state index in [1.807, 2.05) is 17.5 Å². The second-order valence-electron chi connectivity index (χ2n) is 5.45. The minimum atomic E-state index is -2.30. The molecule has 0 spiro atoms. The van der Waals surface area contributed by atoms with Crippen LogP contribution < -0.4 is 5.32 Å². The third kappa shape index (κ3) is 4.33. The molecule has 4 nitrogen and oxygen atoms in total. The van der Waals surface area contributed by atoms with Gasteiger partial charge in [-0.15, -0.1) is 22.7 Å². The summed E-state index contributed by atoms with van der Waals surface area (Å²) in [5, 5.41) is 7.54. The number of carbonyl (C=O) groups is 1. The van der Waals surface area contributed by atoms with Crippen molar-refractivity contribution in [1.82, 2.24) is 15.2 Å². The van der Waals surface area contributed by atoms with E-state index >= 15 is 0 Å². The number of piperidine rings is 1. The summed E-state index contributed by atoms with van der Waals surface area (Å²) in [5.41, 5.74) is 0.424. The Morgan fingerprint density at radius 3 is 2.83 bits per heavy atom. The summed E-state index contributed by atoms with van der Waals surface area (Å²) in [4.78, 5) is 19.4. The lowest BCUT2D eigenvalue weighted by atomic mass is 10.0. The predicted molar refractivity (Wildman–Crippen MR) is 88.4 cm³/mol. The number of hydrogen-bond donors (Lipinski definition) is 1. The first-order valence-electron chi connectivity index (χ1n) is 7.42. The summed E-state index contributed by atoms with van der Waals surface area (Å²) in [5.74, 6) is -0.184. The summed E-state index contributed by atoms with van der Waals surface area (Å²) >= 11 is 3.04. The van der Waals surface area contributed by atoms with E-state index in [0.29, 0.717) is 31.6 Å². The molecule has 1 aliphatic heterocycles. The van der Waals surface area contributed by atoms with Gasteiger partial charge in [-0.25, -0.2) is 13.8 Å². The van der Waals surface area contributed by atoms with Gasteiger partial charge in [0.25, 0.3) is 12.3 Å². The molecule has 3 rings (SSSR count). The topological polar surface area (TPSA) is 45.2 Å². The summed E-state index contributed by atoms with van der Waals surface area (Å²) in [6.07, 6.45) is -0.910. The van der Waals surface area contributed by atoms with Gasteiger partial charge in [-0.05, 0) is 24.3 Å². The molecule has 2 aromatic heterocycles. The zero-order valence-corrected chi connectivity index (χ0v) is 14.0. The summed E-state index contributed by atoms with van der Waals surface area (Å²) in [6, 6.07) is 3.96. The zero-order valence-electron chi connectivity index (χ0n) is 12.4. The van der Waals surface area contributed by atoms with Gasteiger partial charge in [-0.3, -0.25) is 9.69 Å². The molecule has 0 aliphatic carbocycles. The molecular weight excluding hydrogens is 340 g/mol. The zero-order chi connectivity index (χ0) is 16.2. The van der Waals surface area contributed by atoms with Crippen molar-refractivity contribution in [2.24, 2.45) is 0 Å². The number of rotatable bonds is 5. The number of nitrogens with one attached hydrogen (secondary N) is 1. The van der Waals surface area contributed by atoms with Gasteiger partial charge in [0.05, 0.1) is 11.4 Å². The monoisotopic (exact) mass is 357 g/mol. The maximum atomic E-state index is 12.3. The molecule has 0 bridgehead atoms. The molecule has 0 atom stereocenters. The van der Waals surface area contributed by atoms with E-state index in [2.05, 4.69) is 10.3 Å². The largest absolute Gasteiger partial charge is 0.348 e. The Kier molecular flexibility index (Phi) is 5.34. The molecule has 124 valence electrons. The highest BCUT2D eigenvalue weighted by molar-refractivity contribution is 7.20. The average Bonchev–Trinajstić information content (AvgIpc) is 3.19. The minimum absolute atomic E-state index is 0.0308. The number of aromatic nitrogens is 1. The normalized spacial score (nSPS) is 16.8. The van der Waals surface area contributed by atoms with Crippen LogP contribution in [0.4, 0.5) is 8.78 Å². The Balaban J connectivity index is 1.52. The quantitative estimate of drug-likeness (QED) is 0.893. The van der Waals surface area contributed by atoms with Crippen LogP contribution in [0.3, 0.4) is 0 Å². The highest BCUT2D eigenvalue weighted by atomic mass is 32.1. The molecule has 3 heterocycles. The van der Waals surface area contributed by atoms with Gasteiger partial charge in [0.1, 0.15) is 10.7 Å². The molecular formula is C15H17F2N3OS2. The lowest BCUT2D eigenvalue weighted by Crippen LogP contribution is -2.45. The van der Waals surface area contributed by atoms with Gasteiger partial charge in [-0.1, -0.05) is 6.07 Å². The average molecular weight is 357 g/mol. The van der Waals surface area contributed by atoms with Crippen molar-refractivity contribution in [2.45, 2.75) is 25.3 Å². The van der Waals surface area contributed by atoms with E-state index in [1.54, 1.807) is 21.6 Å². The Morgan fingerprint density at radius 1 is 1.39 bits per heavy atom. The highest BCUT2D eigenvalue weighted by Crippen LogP contribution is 2.27. The molecule has 1 fully saturated rings. The van der Waals surface area contributed by atoms with Crippen LogP contribution in [0.5, 0.6) is 0 Å². The maximum Gasteiger partial charge on any atom is 0.270 e. The van der Waals surface area contributed by atoms with E-state index in [9.17, 15) is 13.6 Å². The molecule has 1 amide bonds. The van der Waals surface area contributed by atoms with Crippen molar-refractivity contribution in [1.29, 1.82) is 0 Å². The molecule has 1 saturated heterocycles. The molecule has 0 unspecified atom stereocenters. The van der Waals surface area contributed by atoms with Crippen LogP contribution in [-0.4, -0.2) is 47.9 Å². The fourth-order valence-corrected chi connectivity index (χ4v) is 4.22. The van der Waals surface area contributed by atoms with Gasteiger partial charge in [0.15, 0.2) is 0 Å². The third-order valence-electron chi connectivity index (χ3n) is 3.79. The van der Waals surface area contributed by atoms with Gasteiger partial charge in [-0.2, -0.15) is 0 Å². The highest BCUT2D eigenvalue weighted by Gasteiger charge is 2.23. The summed E-state index contributed by atoms with van der Waals surface area (Å²) < 4.78 is 24.7. The maximum absolute atomic E-state index is 12.3. The fraction of sp³-hybridized carbons (Fsp3) is 0.467. The first-order valence-corrected chi connectivity index (χ1v) is 9.18. The Hall–Kier alpha value is -1.38. The first-order chi connectivity index (χ1) is 11.1. The molecule has 0 saturated carbocycles. The standard InChI is InChI=1S/C15H17F2N3OS2/c16-13(17)8-20-5-3-10(4-6-20)18-14(21)11-9-23-15(19-11)12-2-1-7-22-12/h1-2,7,9-10,13H,3-6,8H2,(H,18,21). The van der Waals surface area contributed by atoms with Crippen molar-refractivity contribution in [3.05, 3.63) is 28.6 Å². The number of likely N-dealkylation sites (tertiary alicyclic amines) is 1. The van der Waals surface area contributed by atoms with Crippen LogP contribution in [0.2, 0.25) is 0 Å². The number of hydrogen-bond acceptors (Lipinski definition) is 5. The van der Waals surface area contributed by atoms with E-state index < -0.39 is 6.43 Å². The summed E-state index contributed by atoms with van der Waals surface area (Å²) in [7, 11) is 0. The first kappa shape index (κ1) is 16.5. The number of nitrogens with zero attached hydrogens (tertiary/aromatic N) is 2. The van der Waals surface area contributed by atoms with Crippen LogP contribution >= 0.6 is 22.7 Å². The van der Waals surface area contributed by atoms with E-state index in [1.165, 1.54) is 11.3 Å². The molecule has 1 N–H and O–H groups in total. The van der Waals surface area contributed by atoms with Crippen LogP contribution in [0.1, 0.15) is 23.3 Å². The molecule has 23 heavy (non-hydrogen) atoms. The fourth-order valence-electron chi connectivity index (χ4n) is 2.61. The molecule has 0 aromatic carbocycles. The Bertz CT molecular complexity index is 637. The third-order valence-corrected chi connectivity index (χ3v) is 5.67. The lowest BCUT2D eigenvalue weighted by molar-refractivity contribution is 0.0695. The number of halogens is 2. The van der Waals surface area contributed by atoms with Crippen LogP contribution in [0.15, 0.2) is 22.9 Å². The number of carbonyl (C=O) groups excluding carboxylic acids is 1. The Labute approximate surface area is 141 Å². The number of thiophene rings is 1. The van der Waals surface area contributed by atoms with Crippen molar-refractivity contribution in [3.8, 4) is 9.88 Å². The van der Waals surface area contributed by atoms with E-state index in [4.69, 9.17) is 0 Å². The molecule has 1 aliphatic rings. The van der Waals surface area contributed by atoms with Crippen LogP contribution in [-0.2, 0) is 0 Å². The number of amides is 1. The molecule has 0 radical (unpaired) electrons. The van der Waals surface area contributed by atoms with Gasteiger partial charge < -0.3 is 5.32 Å². The van der Waals surface area contributed by atoms with Gasteiger partial charge in [0, 0.05) is 24.5 Å². The number of alkyl halides is 2. The van der Waals surface area contributed by atoms with Gasteiger partial charge in [0.2, 0.25) is 0 Å². The molecule has 8 heteroatoms. The predicted octanol–water partition coefficient (Wildman–Crippen LogP) is 3.33. The SMILES string of the molecule is O=C(NC1CCN(CC(F)F)CC1)c1csc(-c2cccs2)n1. The van der Waals surface area contributed by atoms with Crippen molar-refractivity contribution in [2.75, 3.05) is 19.6 Å². The second kappa shape index (κ2) is 7.46. The number of thiazole rings is 1. The van der Waals surface area contributed by atoms with E-state index in [-0.39, 0.29) is 18.5 Å². The smallest absolute Gasteiger partial charge is 0.270 e. The van der Waals surface area contributed by atoms with Crippen molar-refractivity contribution >= 4 is 28.6 Å². The second-order valence-corrected chi connectivity index (χ2v) is 7.26. The lowest BCUT2D eigenvalue weighted by Gasteiger charge is -2.31. The minimum Gasteiger partial charge on any atom is -0.348 e. The molecule has 2 aromatic rings. The Morgan fingerprint density at radius 2 is 2.17 bits per heavy atom. The summed E-state index contributed by atoms with van der Waals surface area (Å²) in [6.45, 7) is 0.997. The van der Waals surface area contributed by atoms with E-state index in [0.717, 1.165) is 9.88 Å². The van der Waals surface area contributed by atoms with Crippen LogP contribution in [0.25, 0.3) is 9.88 Å². The van der Waals surface area contributed by atoms with Crippen LogP contribution in [0, 0.1) is 0 Å².